The average Bonchev–Trinajstić information content (AvgIpc) is 2.94. The molecule has 1 N–H and O–H groups in total. The molecule has 3 nitrogen and oxygen atoms in total. The van der Waals surface area contributed by atoms with Crippen molar-refractivity contribution in [2.24, 2.45) is 0 Å². The molecule has 0 amide bonds. The number of anilines is 1. The van der Waals surface area contributed by atoms with Crippen molar-refractivity contribution in [3.8, 4) is 22.6 Å². The SMILES string of the molecule is COc1cc2c(cc1C)NC(C)(C)c1sn(-c3ccc(C)cc3)c(=S)c1-2. The van der Waals surface area contributed by atoms with Crippen LogP contribution in [0.2, 0.25) is 0 Å². The molecule has 0 bridgehead atoms. The van der Waals surface area contributed by atoms with E-state index in [1.165, 1.54) is 10.4 Å². The van der Waals surface area contributed by atoms with Crippen molar-refractivity contribution in [3.05, 3.63) is 57.0 Å². The average molecular weight is 383 g/mol. The Morgan fingerprint density at radius 1 is 1.12 bits per heavy atom. The van der Waals surface area contributed by atoms with Gasteiger partial charge in [-0.2, -0.15) is 0 Å². The molecular formula is C21H22N2OS2. The van der Waals surface area contributed by atoms with Crippen LogP contribution in [0.1, 0.15) is 29.9 Å². The van der Waals surface area contributed by atoms with Gasteiger partial charge in [0.1, 0.15) is 10.4 Å². The number of aryl methyl sites for hydroxylation is 2. The van der Waals surface area contributed by atoms with Gasteiger partial charge in [0, 0.05) is 16.8 Å². The largest absolute Gasteiger partial charge is 0.496 e. The van der Waals surface area contributed by atoms with Gasteiger partial charge < -0.3 is 10.1 Å². The van der Waals surface area contributed by atoms with Gasteiger partial charge in [-0.15, -0.1) is 0 Å². The van der Waals surface area contributed by atoms with Crippen LogP contribution >= 0.6 is 23.8 Å². The fraction of sp³-hybridized carbons (Fsp3) is 0.286. The van der Waals surface area contributed by atoms with Gasteiger partial charge in [-0.1, -0.05) is 41.4 Å². The van der Waals surface area contributed by atoms with Crippen molar-refractivity contribution in [1.29, 1.82) is 0 Å². The number of fused-ring (bicyclic) bond motifs is 3. The lowest BCUT2D eigenvalue weighted by atomic mass is 9.89. The number of nitrogens with zero attached hydrogens (tertiary/aromatic N) is 1. The highest BCUT2D eigenvalue weighted by atomic mass is 32.1. The summed E-state index contributed by atoms with van der Waals surface area (Å²) >= 11 is 7.64. The van der Waals surface area contributed by atoms with E-state index in [1.807, 2.05) is 0 Å². The zero-order chi connectivity index (χ0) is 18.6. The first-order valence-electron chi connectivity index (χ1n) is 8.63. The molecule has 2 heterocycles. The summed E-state index contributed by atoms with van der Waals surface area (Å²) in [6, 6.07) is 12.8. The summed E-state index contributed by atoms with van der Waals surface area (Å²) in [4.78, 5) is 1.25. The fourth-order valence-electron chi connectivity index (χ4n) is 3.50. The van der Waals surface area contributed by atoms with E-state index in [0.29, 0.717) is 0 Å². The van der Waals surface area contributed by atoms with E-state index in [1.54, 1.807) is 18.6 Å². The molecule has 3 aromatic rings. The van der Waals surface area contributed by atoms with Gasteiger partial charge in [-0.05, 0) is 57.5 Å². The minimum atomic E-state index is -0.183. The maximum atomic E-state index is 5.92. The Morgan fingerprint density at radius 2 is 1.81 bits per heavy atom. The van der Waals surface area contributed by atoms with Crippen LogP contribution in [0, 0.1) is 18.5 Å². The molecule has 0 saturated carbocycles. The first-order chi connectivity index (χ1) is 12.3. The van der Waals surface area contributed by atoms with Crippen molar-refractivity contribution < 1.29 is 4.74 Å². The van der Waals surface area contributed by atoms with Crippen molar-refractivity contribution in [1.82, 2.24) is 3.96 Å². The zero-order valence-electron chi connectivity index (χ0n) is 15.6. The number of aromatic nitrogens is 1. The normalized spacial score (nSPS) is 14.3. The molecule has 134 valence electrons. The second-order valence-electron chi connectivity index (χ2n) is 7.35. The first kappa shape index (κ1) is 17.3. The molecule has 0 spiro atoms. The number of nitrogens with one attached hydrogen (secondary N) is 1. The highest BCUT2D eigenvalue weighted by Gasteiger charge is 2.35. The van der Waals surface area contributed by atoms with Crippen molar-refractivity contribution in [3.63, 3.8) is 0 Å². The van der Waals surface area contributed by atoms with Gasteiger partial charge in [0.25, 0.3) is 0 Å². The summed E-state index contributed by atoms with van der Waals surface area (Å²) in [5.74, 6) is 0.888. The van der Waals surface area contributed by atoms with Gasteiger partial charge in [0.15, 0.2) is 0 Å². The van der Waals surface area contributed by atoms with E-state index in [9.17, 15) is 0 Å². The number of methoxy groups -OCH3 is 1. The van der Waals surface area contributed by atoms with E-state index in [2.05, 4.69) is 73.4 Å². The molecular weight excluding hydrogens is 360 g/mol. The van der Waals surface area contributed by atoms with Gasteiger partial charge in [0.05, 0.1) is 23.2 Å². The first-order valence-corrected chi connectivity index (χ1v) is 9.81. The maximum Gasteiger partial charge on any atom is 0.129 e. The summed E-state index contributed by atoms with van der Waals surface area (Å²) in [7, 11) is 1.71. The quantitative estimate of drug-likeness (QED) is 0.533. The Bertz CT molecular complexity index is 1060. The zero-order valence-corrected chi connectivity index (χ0v) is 17.3. The smallest absolute Gasteiger partial charge is 0.129 e. The molecule has 0 aliphatic carbocycles. The van der Waals surface area contributed by atoms with Crippen LogP contribution in [0.15, 0.2) is 36.4 Å². The second kappa shape index (κ2) is 5.96. The molecule has 1 aliphatic heterocycles. The predicted molar refractivity (Wildman–Crippen MR) is 113 cm³/mol. The topological polar surface area (TPSA) is 26.2 Å². The highest BCUT2D eigenvalue weighted by Crippen LogP contribution is 2.49. The van der Waals surface area contributed by atoms with Gasteiger partial charge in [-0.25, -0.2) is 0 Å². The molecule has 0 atom stereocenters. The highest BCUT2D eigenvalue weighted by molar-refractivity contribution is 7.71. The van der Waals surface area contributed by atoms with Crippen molar-refractivity contribution >= 4 is 29.4 Å². The monoisotopic (exact) mass is 382 g/mol. The standard InChI is InChI=1S/C21H22N2OS2/c1-12-6-8-14(9-7-12)23-20(25)18-15-11-17(24-5)13(2)10-16(15)22-21(3,4)19(18)26-23/h6-11,22H,1-5H3. The number of rotatable bonds is 2. The summed E-state index contributed by atoms with van der Waals surface area (Å²) in [5, 5.41) is 3.68. The van der Waals surface area contributed by atoms with Gasteiger partial charge in [-0.3, -0.25) is 3.96 Å². The molecule has 1 aliphatic rings. The number of hydrogen-bond donors (Lipinski definition) is 1. The lowest BCUT2D eigenvalue weighted by molar-refractivity contribution is 0.412. The fourth-order valence-corrected chi connectivity index (χ4v) is 5.16. The summed E-state index contributed by atoms with van der Waals surface area (Å²) < 4.78 is 8.57. The molecule has 2 aromatic carbocycles. The van der Waals surface area contributed by atoms with Crippen LogP contribution in [-0.4, -0.2) is 11.1 Å². The molecule has 0 radical (unpaired) electrons. The third-order valence-electron chi connectivity index (χ3n) is 4.90. The third-order valence-corrected chi connectivity index (χ3v) is 6.87. The van der Waals surface area contributed by atoms with E-state index in [4.69, 9.17) is 17.0 Å². The minimum absolute atomic E-state index is 0.183. The summed E-state index contributed by atoms with van der Waals surface area (Å²) in [6.45, 7) is 8.58. The lowest BCUT2D eigenvalue weighted by Crippen LogP contribution is -2.30. The van der Waals surface area contributed by atoms with Gasteiger partial charge >= 0.3 is 0 Å². The van der Waals surface area contributed by atoms with E-state index >= 15 is 0 Å². The molecule has 0 fully saturated rings. The Hall–Kier alpha value is -2.11. The molecule has 4 rings (SSSR count). The molecule has 26 heavy (non-hydrogen) atoms. The second-order valence-corrected chi connectivity index (χ2v) is 8.69. The van der Waals surface area contributed by atoms with Crippen LogP contribution in [0.5, 0.6) is 5.75 Å². The van der Waals surface area contributed by atoms with Crippen molar-refractivity contribution in [2.75, 3.05) is 12.4 Å². The molecule has 0 saturated heterocycles. The van der Waals surface area contributed by atoms with Crippen LogP contribution < -0.4 is 10.1 Å². The Balaban J connectivity index is 2.00. The Morgan fingerprint density at radius 3 is 2.46 bits per heavy atom. The number of benzene rings is 2. The molecule has 5 heteroatoms. The summed E-state index contributed by atoms with van der Waals surface area (Å²) in [5.41, 5.74) is 6.66. The molecule has 1 aromatic heterocycles. The lowest BCUT2D eigenvalue weighted by Gasteiger charge is -2.33. The van der Waals surface area contributed by atoms with E-state index in [-0.39, 0.29) is 5.54 Å². The number of ether oxygens (including phenoxy) is 1. The molecule has 0 unspecified atom stereocenters. The Labute approximate surface area is 163 Å². The Kier molecular flexibility index (Phi) is 3.97. The summed E-state index contributed by atoms with van der Waals surface area (Å²) in [6.07, 6.45) is 0. The van der Waals surface area contributed by atoms with Crippen LogP contribution in [-0.2, 0) is 5.54 Å². The van der Waals surface area contributed by atoms with Gasteiger partial charge in [0.2, 0.25) is 0 Å². The van der Waals surface area contributed by atoms with Crippen molar-refractivity contribution in [2.45, 2.75) is 33.2 Å². The van der Waals surface area contributed by atoms with Crippen LogP contribution in [0.25, 0.3) is 16.8 Å². The van der Waals surface area contributed by atoms with E-state index in [0.717, 1.165) is 38.5 Å². The van der Waals surface area contributed by atoms with E-state index < -0.39 is 0 Å². The minimum Gasteiger partial charge on any atom is -0.496 e. The number of hydrogen-bond acceptors (Lipinski definition) is 4. The van der Waals surface area contributed by atoms with Crippen LogP contribution in [0.4, 0.5) is 5.69 Å². The predicted octanol–water partition coefficient (Wildman–Crippen LogP) is 6.22. The third kappa shape index (κ3) is 2.58. The van der Waals surface area contributed by atoms with Crippen LogP contribution in [0.3, 0.4) is 0 Å². The maximum absolute atomic E-state index is 5.92.